The van der Waals surface area contributed by atoms with Gasteiger partial charge in [0.25, 0.3) is 0 Å². The molecule has 3 nitrogen and oxygen atoms in total. The number of thiocarbonyl (C=S) groups is 1. The summed E-state index contributed by atoms with van der Waals surface area (Å²) in [6, 6.07) is 20.5. The van der Waals surface area contributed by atoms with Gasteiger partial charge in [-0.2, -0.15) is 0 Å². The van der Waals surface area contributed by atoms with Crippen molar-refractivity contribution in [3.8, 4) is 0 Å². The molecule has 27 heavy (non-hydrogen) atoms. The Kier molecular flexibility index (Phi) is 7.72. The summed E-state index contributed by atoms with van der Waals surface area (Å²) in [6.45, 7) is 3.42. The van der Waals surface area contributed by atoms with Gasteiger partial charge in [-0.1, -0.05) is 84.6 Å². The van der Waals surface area contributed by atoms with Gasteiger partial charge < -0.3 is 9.80 Å². The minimum absolute atomic E-state index is 0.154. The number of rotatable bonds is 7. The first-order chi connectivity index (χ1) is 13.2. The molecule has 0 atom stereocenters. The minimum Gasteiger partial charge on any atom is -0.358 e. The number of nitrogens with zero attached hydrogens (tertiary/aromatic N) is 2. The van der Waals surface area contributed by atoms with E-state index >= 15 is 0 Å². The van der Waals surface area contributed by atoms with Crippen LogP contribution in [0.4, 0.5) is 0 Å². The van der Waals surface area contributed by atoms with E-state index in [1.165, 1.54) is 30.2 Å². The van der Waals surface area contributed by atoms with Crippen LogP contribution in [-0.4, -0.2) is 45.4 Å². The van der Waals surface area contributed by atoms with Gasteiger partial charge in [0.1, 0.15) is 4.32 Å². The lowest BCUT2D eigenvalue weighted by atomic mass is 10.1. The highest BCUT2D eigenvalue weighted by Crippen LogP contribution is 2.17. The number of likely N-dealkylation sites (tertiary alicyclic amines) is 1. The average molecular weight is 399 g/mol. The molecule has 2 aromatic rings. The highest BCUT2D eigenvalue weighted by atomic mass is 32.2. The monoisotopic (exact) mass is 398 g/mol. The predicted octanol–water partition coefficient (Wildman–Crippen LogP) is 4.37. The van der Waals surface area contributed by atoms with Crippen LogP contribution in [0.2, 0.25) is 0 Å². The fraction of sp³-hybridized carbons (Fsp3) is 0.364. The number of hydrogen-bond donors (Lipinski definition) is 0. The van der Waals surface area contributed by atoms with Crippen molar-refractivity contribution in [2.45, 2.75) is 25.8 Å². The van der Waals surface area contributed by atoms with Gasteiger partial charge in [0, 0.05) is 26.2 Å². The van der Waals surface area contributed by atoms with Crippen LogP contribution in [0.3, 0.4) is 0 Å². The Balaban J connectivity index is 1.58. The lowest BCUT2D eigenvalue weighted by Gasteiger charge is -2.24. The van der Waals surface area contributed by atoms with Crippen molar-refractivity contribution >= 4 is 34.2 Å². The van der Waals surface area contributed by atoms with Crippen molar-refractivity contribution in [1.29, 1.82) is 0 Å². The first-order valence-corrected chi connectivity index (χ1v) is 10.9. The zero-order valence-electron chi connectivity index (χ0n) is 15.5. The Bertz CT molecular complexity index is 730. The maximum absolute atomic E-state index is 12.9. The lowest BCUT2D eigenvalue weighted by Crippen LogP contribution is -2.35. The van der Waals surface area contributed by atoms with Gasteiger partial charge in [-0.15, -0.1) is 0 Å². The first kappa shape index (κ1) is 19.9. The number of thioether (sulfide) groups is 1. The average Bonchev–Trinajstić information content (AvgIpc) is 3.25. The van der Waals surface area contributed by atoms with Crippen LogP contribution in [0.1, 0.15) is 24.0 Å². The van der Waals surface area contributed by atoms with E-state index in [1.807, 2.05) is 41.3 Å². The summed E-state index contributed by atoms with van der Waals surface area (Å²) in [5.74, 6) is 0.568. The van der Waals surface area contributed by atoms with Crippen molar-refractivity contribution in [2.24, 2.45) is 0 Å². The van der Waals surface area contributed by atoms with E-state index in [0.717, 1.165) is 35.9 Å². The van der Waals surface area contributed by atoms with Crippen molar-refractivity contribution in [3.05, 3.63) is 71.8 Å². The van der Waals surface area contributed by atoms with Gasteiger partial charge in [-0.05, 0) is 30.4 Å². The molecule has 3 rings (SSSR count). The second kappa shape index (κ2) is 10.5. The summed E-state index contributed by atoms with van der Waals surface area (Å²) < 4.78 is 0.864. The molecule has 0 radical (unpaired) electrons. The van der Waals surface area contributed by atoms with E-state index in [1.54, 1.807) is 0 Å². The van der Waals surface area contributed by atoms with E-state index in [-0.39, 0.29) is 5.91 Å². The van der Waals surface area contributed by atoms with Gasteiger partial charge in [0.15, 0.2) is 0 Å². The third kappa shape index (κ3) is 6.36. The number of carbonyl (C=O) groups is 1. The molecule has 1 fully saturated rings. The standard InChI is InChI=1S/C22H26N2OS2/c25-21(18-27-22(26)23-14-7-8-15-23)24(17-20-11-5-2-6-12-20)16-13-19-9-3-1-4-10-19/h1-6,9-12H,7-8,13-18H2. The molecular formula is C22H26N2OS2. The molecule has 2 aromatic carbocycles. The third-order valence-corrected chi connectivity index (χ3v) is 6.27. The van der Waals surface area contributed by atoms with Crippen LogP contribution in [0.25, 0.3) is 0 Å². The fourth-order valence-corrected chi connectivity index (χ4v) is 4.36. The number of benzene rings is 2. The Labute approximate surface area is 171 Å². The predicted molar refractivity (Wildman–Crippen MR) is 118 cm³/mol. The van der Waals surface area contributed by atoms with Crippen LogP contribution in [0.5, 0.6) is 0 Å². The SMILES string of the molecule is O=C(CSC(=S)N1CCCC1)N(CCc1ccccc1)Cc1ccccc1. The summed E-state index contributed by atoms with van der Waals surface area (Å²) in [6.07, 6.45) is 3.26. The smallest absolute Gasteiger partial charge is 0.233 e. The molecule has 0 N–H and O–H groups in total. The minimum atomic E-state index is 0.154. The van der Waals surface area contributed by atoms with Crippen molar-refractivity contribution in [1.82, 2.24) is 9.80 Å². The Morgan fingerprint density at radius 2 is 1.56 bits per heavy atom. The molecule has 1 heterocycles. The van der Waals surface area contributed by atoms with E-state index in [0.29, 0.717) is 12.3 Å². The molecular weight excluding hydrogens is 372 g/mol. The topological polar surface area (TPSA) is 23.6 Å². The van der Waals surface area contributed by atoms with E-state index in [2.05, 4.69) is 29.2 Å². The molecule has 0 saturated carbocycles. The van der Waals surface area contributed by atoms with Gasteiger partial charge in [-0.3, -0.25) is 4.79 Å². The molecule has 0 aromatic heterocycles. The largest absolute Gasteiger partial charge is 0.358 e. The summed E-state index contributed by atoms with van der Waals surface area (Å²) in [5, 5.41) is 0. The summed E-state index contributed by atoms with van der Waals surface area (Å²) in [7, 11) is 0. The molecule has 0 spiro atoms. The van der Waals surface area contributed by atoms with E-state index in [9.17, 15) is 4.79 Å². The van der Waals surface area contributed by atoms with Crippen LogP contribution < -0.4 is 0 Å². The van der Waals surface area contributed by atoms with Crippen molar-refractivity contribution in [2.75, 3.05) is 25.4 Å². The normalized spacial score (nSPS) is 13.6. The molecule has 1 aliphatic rings. The summed E-state index contributed by atoms with van der Waals surface area (Å²) >= 11 is 7.02. The molecule has 5 heteroatoms. The molecule has 1 aliphatic heterocycles. The summed E-state index contributed by atoms with van der Waals surface area (Å²) in [4.78, 5) is 17.1. The summed E-state index contributed by atoms with van der Waals surface area (Å²) in [5.41, 5.74) is 2.41. The highest BCUT2D eigenvalue weighted by Gasteiger charge is 2.19. The Hall–Kier alpha value is -1.85. The number of carbonyl (C=O) groups excluding carboxylic acids is 1. The van der Waals surface area contributed by atoms with Crippen LogP contribution >= 0.6 is 24.0 Å². The second-order valence-electron chi connectivity index (χ2n) is 6.79. The molecule has 0 aliphatic carbocycles. The molecule has 1 saturated heterocycles. The van der Waals surface area contributed by atoms with Crippen LogP contribution in [-0.2, 0) is 17.8 Å². The lowest BCUT2D eigenvalue weighted by molar-refractivity contribution is -0.128. The maximum atomic E-state index is 12.9. The molecule has 0 bridgehead atoms. The number of amides is 1. The van der Waals surface area contributed by atoms with Crippen LogP contribution in [0.15, 0.2) is 60.7 Å². The van der Waals surface area contributed by atoms with Gasteiger partial charge in [-0.25, -0.2) is 0 Å². The van der Waals surface area contributed by atoms with Gasteiger partial charge in [0.05, 0.1) is 5.75 Å². The zero-order chi connectivity index (χ0) is 18.9. The van der Waals surface area contributed by atoms with Gasteiger partial charge in [0.2, 0.25) is 5.91 Å². The Morgan fingerprint density at radius 3 is 2.19 bits per heavy atom. The Morgan fingerprint density at radius 1 is 0.963 bits per heavy atom. The van der Waals surface area contributed by atoms with E-state index < -0.39 is 0 Å². The maximum Gasteiger partial charge on any atom is 0.233 e. The first-order valence-electron chi connectivity index (χ1n) is 9.50. The quantitative estimate of drug-likeness (QED) is 0.646. The van der Waals surface area contributed by atoms with Crippen molar-refractivity contribution in [3.63, 3.8) is 0 Å². The van der Waals surface area contributed by atoms with Crippen LogP contribution in [0, 0.1) is 0 Å². The third-order valence-electron chi connectivity index (χ3n) is 4.77. The molecule has 142 valence electrons. The zero-order valence-corrected chi connectivity index (χ0v) is 17.2. The fourth-order valence-electron chi connectivity index (χ4n) is 3.21. The molecule has 1 amide bonds. The van der Waals surface area contributed by atoms with Gasteiger partial charge >= 0.3 is 0 Å². The number of hydrogen-bond acceptors (Lipinski definition) is 3. The molecule has 0 unspecified atom stereocenters. The second-order valence-corrected chi connectivity index (χ2v) is 8.39. The van der Waals surface area contributed by atoms with Crippen molar-refractivity contribution < 1.29 is 4.79 Å². The van der Waals surface area contributed by atoms with E-state index in [4.69, 9.17) is 12.2 Å². The highest BCUT2D eigenvalue weighted by molar-refractivity contribution is 8.23.